The van der Waals surface area contributed by atoms with Crippen LogP contribution in [0.3, 0.4) is 0 Å². The lowest BCUT2D eigenvalue weighted by molar-refractivity contribution is 0.0945. The average Bonchev–Trinajstić information content (AvgIpc) is 3.48. The second-order valence-corrected chi connectivity index (χ2v) is 8.29. The van der Waals surface area contributed by atoms with Crippen LogP contribution in [0.1, 0.15) is 39.3 Å². The molecule has 5 rings (SSSR count). The molecule has 6 nitrogen and oxygen atoms in total. The van der Waals surface area contributed by atoms with Gasteiger partial charge in [0.25, 0.3) is 11.5 Å². The number of aryl methyl sites for hydroxylation is 1. The standard InChI is InChI=1S/C24H20N4O2S/c1-2-15-9-11-16(12-10-15)21(20-8-5-13-31-20)26-24(30)18-14-25-28-19-7-4-3-6-17(19)23(29)27-22(18)28/h3-14,21H,2H2,1H3,(H,26,30)(H,27,29). The smallest absolute Gasteiger partial charge is 0.259 e. The molecule has 3 heterocycles. The van der Waals surface area contributed by atoms with Crippen molar-refractivity contribution in [2.24, 2.45) is 0 Å². The number of benzene rings is 2. The first-order chi connectivity index (χ1) is 15.2. The second-order valence-electron chi connectivity index (χ2n) is 7.31. The van der Waals surface area contributed by atoms with Crippen LogP contribution in [0, 0.1) is 0 Å². The second kappa shape index (κ2) is 7.85. The highest BCUT2D eigenvalue weighted by Crippen LogP contribution is 2.27. The van der Waals surface area contributed by atoms with Gasteiger partial charge in [-0.05, 0) is 41.1 Å². The van der Waals surface area contributed by atoms with E-state index in [0.29, 0.717) is 22.1 Å². The van der Waals surface area contributed by atoms with Crippen LogP contribution in [0.25, 0.3) is 16.6 Å². The molecule has 154 valence electrons. The Morgan fingerprint density at radius 2 is 1.94 bits per heavy atom. The maximum Gasteiger partial charge on any atom is 0.259 e. The third-order valence-electron chi connectivity index (χ3n) is 5.45. The molecule has 31 heavy (non-hydrogen) atoms. The minimum Gasteiger partial charge on any atom is -0.340 e. The number of nitrogens with zero attached hydrogens (tertiary/aromatic N) is 2. The molecule has 0 aliphatic rings. The van der Waals surface area contributed by atoms with E-state index in [0.717, 1.165) is 16.9 Å². The van der Waals surface area contributed by atoms with Gasteiger partial charge in [0.15, 0.2) is 0 Å². The molecule has 0 spiro atoms. The maximum atomic E-state index is 13.3. The number of carbonyl (C=O) groups is 1. The SMILES string of the molecule is CCc1ccc(C(NC(=O)c2cnn3c2[nH]c(=O)c2ccccc23)c2cccs2)cc1. The summed E-state index contributed by atoms with van der Waals surface area (Å²) in [6.45, 7) is 2.11. The van der Waals surface area contributed by atoms with Gasteiger partial charge in [0, 0.05) is 4.88 Å². The molecule has 2 N–H and O–H groups in total. The average molecular weight is 429 g/mol. The van der Waals surface area contributed by atoms with Gasteiger partial charge in [-0.2, -0.15) is 5.10 Å². The number of thiophene rings is 1. The van der Waals surface area contributed by atoms with E-state index in [4.69, 9.17) is 0 Å². The number of carbonyl (C=O) groups excluding carboxylic acids is 1. The molecule has 1 atom stereocenters. The highest BCUT2D eigenvalue weighted by Gasteiger charge is 2.22. The summed E-state index contributed by atoms with van der Waals surface area (Å²) < 4.78 is 1.60. The van der Waals surface area contributed by atoms with Crippen molar-refractivity contribution in [3.05, 3.63) is 104 Å². The molecule has 0 saturated heterocycles. The van der Waals surface area contributed by atoms with E-state index in [1.165, 1.54) is 11.8 Å². The van der Waals surface area contributed by atoms with Gasteiger partial charge >= 0.3 is 0 Å². The normalized spacial score (nSPS) is 12.3. The zero-order valence-corrected chi connectivity index (χ0v) is 17.6. The molecule has 7 heteroatoms. The van der Waals surface area contributed by atoms with Crippen molar-refractivity contribution >= 4 is 33.8 Å². The van der Waals surface area contributed by atoms with E-state index in [9.17, 15) is 9.59 Å². The fraction of sp³-hybridized carbons (Fsp3) is 0.125. The number of hydrogen-bond acceptors (Lipinski definition) is 4. The largest absolute Gasteiger partial charge is 0.340 e. The number of H-pyrrole nitrogens is 1. The van der Waals surface area contributed by atoms with Crippen LogP contribution >= 0.6 is 11.3 Å². The molecule has 0 saturated carbocycles. The zero-order valence-electron chi connectivity index (χ0n) is 16.8. The van der Waals surface area contributed by atoms with Gasteiger partial charge in [0.05, 0.1) is 23.1 Å². The number of aromatic nitrogens is 3. The summed E-state index contributed by atoms with van der Waals surface area (Å²) in [5.74, 6) is -0.293. The Morgan fingerprint density at radius 1 is 1.13 bits per heavy atom. The number of aromatic amines is 1. The summed E-state index contributed by atoms with van der Waals surface area (Å²) in [5, 5.41) is 10.0. The molecule has 2 aromatic carbocycles. The number of hydrogen-bond donors (Lipinski definition) is 2. The Morgan fingerprint density at radius 3 is 2.68 bits per heavy atom. The topological polar surface area (TPSA) is 79.3 Å². The van der Waals surface area contributed by atoms with Crippen molar-refractivity contribution in [3.63, 3.8) is 0 Å². The Balaban J connectivity index is 1.55. The Hall–Kier alpha value is -3.71. The van der Waals surface area contributed by atoms with E-state index in [-0.39, 0.29) is 17.5 Å². The van der Waals surface area contributed by atoms with Crippen LogP contribution in [0.4, 0.5) is 0 Å². The molecule has 3 aromatic heterocycles. The van der Waals surface area contributed by atoms with Gasteiger partial charge in [-0.1, -0.05) is 49.4 Å². The summed E-state index contributed by atoms with van der Waals surface area (Å²) in [4.78, 5) is 29.7. The fourth-order valence-electron chi connectivity index (χ4n) is 3.77. The molecular weight excluding hydrogens is 408 g/mol. The molecule has 1 amide bonds. The van der Waals surface area contributed by atoms with Crippen LogP contribution in [-0.2, 0) is 6.42 Å². The van der Waals surface area contributed by atoms with E-state index >= 15 is 0 Å². The number of rotatable bonds is 5. The zero-order chi connectivity index (χ0) is 21.4. The minimum atomic E-state index is -0.293. The number of nitrogens with one attached hydrogen (secondary N) is 2. The van der Waals surface area contributed by atoms with E-state index in [1.807, 2.05) is 29.6 Å². The maximum absolute atomic E-state index is 13.3. The van der Waals surface area contributed by atoms with Crippen molar-refractivity contribution < 1.29 is 4.79 Å². The van der Waals surface area contributed by atoms with E-state index in [2.05, 4.69) is 46.6 Å². The minimum absolute atomic E-state index is 0.248. The number of fused-ring (bicyclic) bond motifs is 3. The van der Waals surface area contributed by atoms with Crippen LogP contribution in [0.5, 0.6) is 0 Å². The van der Waals surface area contributed by atoms with Crippen LogP contribution < -0.4 is 10.9 Å². The van der Waals surface area contributed by atoms with E-state index < -0.39 is 0 Å². The fourth-order valence-corrected chi connectivity index (χ4v) is 4.57. The molecule has 0 aliphatic carbocycles. The first kappa shape index (κ1) is 19.3. The monoisotopic (exact) mass is 428 g/mol. The molecule has 0 bridgehead atoms. The highest BCUT2D eigenvalue weighted by molar-refractivity contribution is 7.10. The summed E-state index contributed by atoms with van der Waals surface area (Å²) in [7, 11) is 0. The van der Waals surface area contributed by atoms with Gasteiger partial charge < -0.3 is 10.3 Å². The Bertz CT molecular complexity index is 1430. The summed E-state index contributed by atoms with van der Waals surface area (Å²) >= 11 is 1.59. The number of amides is 1. The summed E-state index contributed by atoms with van der Waals surface area (Å²) in [6, 6.07) is 19.2. The van der Waals surface area contributed by atoms with Crippen molar-refractivity contribution in [1.82, 2.24) is 19.9 Å². The van der Waals surface area contributed by atoms with Crippen molar-refractivity contribution in [2.45, 2.75) is 19.4 Å². The quantitative estimate of drug-likeness (QED) is 0.438. The third kappa shape index (κ3) is 3.43. The highest BCUT2D eigenvalue weighted by atomic mass is 32.1. The molecule has 1 unspecified atom stereocenters. The third-order valence-corrected chi connectivity index (χ3v) is 6.38. The van der Waals surface area contributed by atoms with Gasteiger partial charge in [-0.15, -0.1) is 11.3 Å². The van der Waals surface area contributed by atoms with Crippen LogP contribution in [-0.4, -0.2) is 20.5 Å². The predicted molar refractivity (Wildman–Crippen MR) is 123 cm³/mol. The first-order valence-electron chi connectivity index (χ1n) is 10.1. The van der Waals surface area contributed by atoms with Crippen molar-refractivity contribution in [1.29, 1.82) is 0 Å². The predicted octanol–water partition coefficient (Wildman–Crippen LogP) is 4.32. The molecule has 0 aliphatic heterocycles. The summed E-state index contributed by atoms with van der Waals surface area (Å²) in [5.41, 5.74) is 3.37. The van der Waals surface area contributed by atoms with Gasteiger partial charge in [0.2, 0.25) is 0 Å². The van der Waals surface area contributed by atoms with Crippen LogP contribution in [0.2, 0.25) is 0 Å². The number of para-hydroxylation sites is 1. The lowest BCUT2D eigenvalue weighted by Crippen LogP contribution is -2.29. The van der Waals surface area contributed by atoms with Crippen molar-refractivity contribution in [3.8, 4) is 0 Å². The van der Waals surface area contributed by atoms with Gasteiger partial charge in [-0.3, -0.25) is 9.59 Å². The van der Waals surface area contributed by atoms with Crippen LogP contribution in [0.15, 0.2) is 77.0 Å². The van der Waals surface area contributed by atoms with Gasteiger partial charge in [-0.25, -0.2) is 4.52 Å². The lowest BCUT2D eigenvalue weighted by atomic mass is 10.0. The lowest BCUT2D eigenvalue weighted by Gasteiger charge is -2.18. The Kier molecular flexibility index (Phi) is 4.88. The molecule has 0 radical (unpaired) electrons. The van der Waals surface area contributed by atoms with Gasteiger partial charge in [0.1, 0.15) is 11.2 Å². The first-order valence-corrected chi connectivity index (χ1v) is 11.0. The van der Waals surface area contributed by atoms with E-state index in [1.54, 1.807) is 28.0 Å². The molecule has 0 fully saturated rings. The molecular formula is C24H20N4O2S. The summed E-state index contributed by atoms with van der Waals surface area (Å²) in [6.07, 6.45) is 2.46. The Labute approximate surface area is 182 Å². The van der Waals surface area contributed by atoms with Crippen molar-refractivity contribution in [2.75, 3.05) is 0 Å². The molecule has 5 aromatic rings.